The third kappa shape index (κ3) is 3.36. The molecule has 1 aliphatic rings. The Labute approximate surface area is 127 Å². The number of likely N-dealkylation sites (tertiary alicyclic amines) is 1. The number of benzene rings is 1. The Hall–Kier alpha value is -2.57. The quantitative estimate of drug-likeness (QED) is 0.855. The molecule has 0 aliphatic carbocycles. The molecule has 0 bridgehead atoms. The molecule has 0 saturated carbocycles. The van der Waals surface area contributed by atoms with Crippen molar-refractivity contribution in [2.24, 2.45) is 0 Å². The highest BCUT2D eigenvalue weighted by atomic mass is 16.5. The van der Waals surface area contributed by atoms with Gasteiger partial charge in [-0.25, -0.2) is 9.59 Å². The fraction of sp³-hybridized carbons (Fsp3) is 0.400. The van der Waals surface area contributed by atoms with Crippen LogP contribution in [0.5, 0.6) is 0 Å². The third-order valence-corrected chi connectivity index (χ3v) is 3.59. The summed E-state index contributed by atoms with van der Waals surface area (Å²) in [5.41, 5.74) is -1.02. The van der Waals surface area contributed by atoms with E-state index >= 15 is 0 Å². The number of carbonyl (C=O) groups is 3. The molecule has 1 aromatic carbocycles. The lowest BCUT2D eigenvalue weighted by molar-refractivity contribution is -0.157. The molecule has 1 aromatic rings. The highest BCUT2D eigenvalue weighted by molar-refractivity contribution is 5.90. The summed E-state index contributed by atoms with van der Waals surface area (Å²) in [5.74, 6) is -1.60. The van der Waals surface area contributed by atoms with Gasteiger partial charge in [-0.1, -0.05) is 30.3 Å². The number of ether oxygens (including phenoxy) is 1. The molecule has 2 amide bonds. The highest BCUT2D eigenvalue weighted by Gasteiger charge is 2.45. The summed E-state index contributed by atoms with van der Waals surface area (Å²) >= 11 is 0. The molecule has 1 unspecified atom stereocenters. The maximum Gasteiger partial charge on any atom is 0.409 e. The molecule has 0 radical (unpaired) electrons. The zero-order valence-electron chi connectivity index (χ0n) is 12.2. The summed E-state index contributed by atoms with van der Waals surface area (Å²) in [5, 5.41) is 11.7. The monoisotopic (exact) mass is 306 g/mol. The molecule has 1 saturated heterocycles. The summed E-state index contributed by atoms with van der Waals surface area (Å²) in [6.07, 6.45) is -0.0278. The molecule has 1 atom stereocenters. The molecule has 7 heteroatoms. The predicted octanol–water partition coefficient (Wildman–Crippen LogP) is 1.34. The molecule has 2 rings (SSSR count). The van der Waals surface area contributed by atoms with Crippen LogP contribution >= 0.6 is 0 Å². The molecule has 1 heterocycles. The third-order valence-electron chi connectivity index (χ3n) is 3.59. The largest absolute Gasteiger partial charge is 0.478 e. The van der Waals surface area contributed by atoms with Crippen molar-refractivity contribution in [1.82, 2.24) is 10.2 Å². The minimum absolute atomic E-state index is 0.0241. The maximum absolute atomic E-state index is 11.9. The van der Waals surface area contributed by atoms with Crippen LogP contribution in [0.1, 0.15) is 25.3 Å². The van der Waals surface area contributed by atoms with Crippen LogP contribution in [0.2, 0.25) is 0 Å². The Balaban J connectivity index is 2.00. The second-order valence-electron chi connectivity index (χ2n) is 5.21. The van der Waals surface area contributed by atoms with Crippen molar-refractivity contribution in [3.05, 3.63) is 35.9 Å². The average Bonchev–Trinajstić information content (AvgIpc) is 2.92. The first-order chi connectivity index (χ1) is 10.4. The Morgan fingerprint density at radius 3 is 2.59 bits per heavy atom. The van der Waals surface area contributed by atoms with Crippen LogP contribution in [0, 0.1) is 0 Å². The number of amides is 2. The molecule has 1 fully saturated rings. The van der Waals surface area contributed by atoms with Crippen molar-refractivity contribution in [1.29, 1.82) is 0 Å². The fourth-order valence-electron chi connectivity index (χ4n) is 2.32. The van der Waals surface area contributed by atoms with E-state index in [4.69, 9.17) is 4.74 Å². The molecular formula is C15H18N2O5. The minimum Gasteiger partial charge on any atom is -0.478 e. The molecule has 0 aromatic heterocycles. The van der Waals surface area contributed by atoms with E-state index in [0.717, 1.165) is 10.5 Å². The highest BCUT2D eigenvalue weighted by Crippen LogP contribution is 2.21. The summed E-state index contributed by atoms with van der Waals surface area (Å²) in [6.45, 7) is 1.60. The van der Waals surface area contributed by atoms with E-state index in [1.54, 1.807) is 24.3 Å². The summed E-state index contributed by atoms with van der Waals surface area (Å²) < 4.78 is 5.02. The Kier molecular flexibility index (Phi) is 4.65. The Bertz CT molecular complexity index is 575. The van der Waals surface area contributed by atoms with Gasteiger partial charge in [-0.2, -0.15) is 0 Å². The van der Waals surface area contributed by atoms with Crippen molar-refractivity contribution >= 4 is 18.0 Å². The van der Waals surface area contributed by atoms with Crippen molar-refractivity contribution in [3.8, 4) is 0 Å². The van der Waals surface area contributed by atoms with Gasteiger partial charge < -0.3 is 14.7 Å². The van der Waals surface area contributed by atoms with Crippen molar-refractivity contribution in [2.45, 2.75) is 32.0 Å². The average molecular weight is 306 g/mol. The summed E-state index contributed by atoms with van der Waals surface area (Å²) in [7, 11) is 0. The van der Waals surface area contributed by atoms with Crippen LogP contribution in [0.4, 0.5) is 4.79 Å². The van der Waals surface area contributed by atoms with Crippen molar-refractivity contribution in [3.63, 3.8) is 0 Å². The zero-order chi connectivity index (χ0) is 16.2. The summed E-state index contributed by atoms with van der Waals surface area (Å²) in [4.78, 5) is 36.3. The smallest absolute Gasteiger partial charge is 0.409 e. The minimum atomic E-state index is -1.80. The summed E-state index contributed by atoms with van der Waals surface area (Å²) in [6, 6.07) is 9.02. The lowest BCUT2D eigenvalue weighted by Gasteiger charge is -2.34. The van der Waals surface area contributed by atoms with Crippen LogP contribution < -0.4 is 5.32 Å². The molecule has 7 nitrogen and oxygen atoms in total. The number of nitrogens with zero attached hydrogens (tertiary/aromatic N) is 1. The molecule has 1 aliphatic heterocycles. The topological polar surface area (TPSA) is 95.9 Å². The van der Waals surface area contributed by atoms with Crippen LogP contribution in [0.3, 0.4) is 0 Å². The van der Waals surface area contributed by atoms with Crippen LogP contribution in [0.15, 0.2) is 30.3 Å². The standard InChI is InChI=1S/C15H18N2O5/c1-15(13(19)20,17-9-5-8-12(17)18)16-14(21)22-10-11-6-3-2-4-7-11/h2-4,6-7H,5,8-10H2,1H3,(H,16,21)(H,19,20). The molecule has 0 spiro atoms. The van der Waals surface area contributed by atoms with Gasteiger partial charge in [0.1, 0.15) is 6.61 Å². The number of carboxylic acid groups (broad SMARTS) is 1. The first-order valence-corrected chi connectivity index (χ1v) is 6.96. The van der Waals surface area contributed by atoms with E-state index in [1.165, 1.54) is 6.92 Å². The predicted molar refractivity (Wildman–Crippen MR) is 76.8 cm³/mol. The van der Waals surface area contributed by atoms with Gasteiger partial charge in [0, 0.05) is 13.0 Å². The van der Waals surface area contributed by atoms with Gasteiger partial charge in [0.2, 0.25) is 11.6 Å². The van der Waals surface area contributed by atoms with Crippen molar-refractivity contribution < 1.29 is 24.2 Å². The van der Waals surface area contributed by atoms with E-state index in [-0.39, 0.29) is 18.9 Å². The zero-order valence-corrected chi connectivity index (χ0v) is 12.2. The number of alkyl carbamates (subject to hydrolysis) is 1. The first kappa shape index (κ1) is 15.8. The van der Waals surface area contributed by atoms with Crippen LogP contribution in [-0.2, 0) is 20.9 Å². The van der Waals surface area contributed by atoms with Crippen LogP contribution in [0.25, 0.3) is 0 Å². The van der Waals surface area contributed by atoms with Gasteiger partial charge in [-0.3, -0.25) is 10.1 Å². The van der Waals surface area contributed by atoms with Gasteiger partial charge in [-0.05, 0) is 18.9 Å². The first-order valence-electron chi connectivity index (χ1n) is 6.96. The van der Waals surface area contributed by atoms with E-state index < -0.39 is 17.7 Å². The Morgan fingerprint density at radius 2 is 2.05 bits per heavy atom. The number of hydrogen-bond donors (Lipinski definition) is 2. The fourth-order valence-corrected chi connectivity index (χ4v) is 2.32. The second-order valence-corrected chi connectivity index (χ2v) is 5.21. The number of nitrogens with one attached hydrogen (secondary N) is 1. The number of aliphatic carboxylic acids is 1. The second kappa shape index (κ2) is 6.46. The number of carboxylic acids is 1. The van der Waals surface area contributed by atoms with Crippen molar-refractivity contribution in [2.75, 3.05) is 6.54 Å². The normalized spacial score (nSPS) is 17.0. The Morgan fingerprint density at radius 1 is 1.36 bits per heavy atom. The van der Waals surface area contributed by atoms with Crippen LogP contribution in [-0.4, -0.2) is 40.2 Å². The SMILES string of the molecule is CC(NC(=O)OCc1ccccc1)(C(=O)O)N1CCCC1=O. The maximum atomic E-state index is 11.9. The lowest BCUT2D eigenvalue weighted by Crippen LogP contribution is -2.64. The number of rotatable bonds is 5. The number of carbonyl (C=O) groups excluding carboxylic acids is 2. The van der Waals surface area contributed by atoms with Gasteiger partial charge in [0.15, 0.2) is 0 Å². The van der Waals surface area contributed by atoms with Gasteiger partial charge >= 0.3 is 12.1 Å². The van der Waals surface area contributed by atoms with E-state index in [2.05, 4.69) is 5.32 Å². The van der Waals surface area contributed by atoms with E-state index in [0.29, 0.717) is 13.0 Å². The molecule has 118 valence electrons. The van der Waals surface area contributed by atoms with Gasteiger partial charge in [-0.15, -0.1) is 0 Å². The van der Waals surface area contributed by atoms with Gasteiger partial charge in [0.05, 0.1) is 0 Å². The molecular weight excluding hydrogens is 288 g/mol. The number of hydrogen-bond acceptors (Lipinski definition) is 4. The molecule has 22 heavy (non-hydrogen) atoms. The lowest BCUT2D eigenvalue weighted by atomic mass is 10.1. The molecule has 2 N–H and O–H groups in total. The van der Waals surface area contributed by atoms with E-state index in [1.807, 2.05) is 6.07 Å². The van der Waals surface area contributed by atoms with Gasteiger partial charge in [0.25, 0.3) is 0 Å². The van der Waals surface area contributed by atoms with E-state index in [9.17, 15) is 19.5 Å².